The predicted octanol–water partition coefficient (Wildman–Crippen LogP) is 1.55. The topological polar surface area (TPSA) is 43.4 Å². The molecule has 0 aliphatic heterocycles. The second-order valence-electron chi connectivity index (χ2n) is 2.86. The second-order valence-corrected chi connectivity index (χ2v) is 2.86. The third-order valence-electron chi connectivity index (χ3n) is 1.73. The molecule has 0 radical (unpaired) electrons. The predicted molar refractivity (Wildman–Crippen MR) is 45.7 cm³/mol. The van der Waals surface area contributed by atoms with E-state index in [-0.39, 0.29) is 12.5 Å². The minimum atomic E-state index is -0.696. The van der Waals surface area contributed by atoms with Crippen molar-refractivity contribution in [2.24, 2.45) is 5.92 Å². The van der Waals surface area contributed by atoms with Crippen molar-refractivity contribution in [1.82, 2.24) is 0 Å². The Bertz CT molecular complexity index is 163. The second kappa shape index (κ2) is 5.75. The van der Waals surface area contributed by atoms with Gasteiger partial charge >= 0.3 is 5.97 Å². The van der Waals surface area contributed by atoms with E-state index in [1.165, 1.54) is 0 Å². The van der Waals surface area contributed by atoms with Crippen LogP contribution in [0, 0.1) is 5.92 Å². The van der Waals surface area contributed by atoms with Crippen molar-refractivity contribution in [2.75, 3.05) is 6.61 Å². The van der Waals surface area contributed by atoms with Gasteiger partial charge in [-0.25, -0.2) is 4.79 Å². The van der Waals surface area contributed by atoms with E-state index < -0.39 is 11.8 Å². The Hall–Kier alpha value is -0.860. The van der Waals surface area contributed by atoms with Crippen LogP contribution in [0.5, 0.6) is 0 Å². The first-order chi connectivity index (χ1) is 5.61. The number of esters is 1. The van der Waals surface area contributed by atoms with Crippen molar-refractivity contribution >= 4 is 11.8 Å². The maximum atomic E-state index is 11.0. The van der Waals surface area contributed by atoms with Gasteiger partial charge in [0, 0.05) is 6.42 Å². The lowest BCUT2D eigenvalue weighted by Gasteiger charge is -2.05. The van der Waals surface area contributed by atoms with Crippen molar-refractivity contribution < 1.29 is 14.3 Å². The summed E-state index contributed by atoms with van der Waals surface area (Å²) in [5.41, 5.74) is 0. The quantitative estimate of drug-likeness (QED) is 0.467. The number of hydrogen-bond acceptors (Lipinski definition) is 3. The lowest BCUT2D eigenvalue weighted by Crippen LogP contribution is -2.19. The van der Waals surface area contributed by atoms with E-state index in [0.717, 1.165) is 6.42 Å². The van der Waals surface area contributed by atoms with E-state index in [1.54, 1.807) is 6.92 Å². The molecule has 0 aromatic rings. The van der Waals surface area contributed by atoms with Crippen LogP contribution in [0.4, 0.5) is 0 Å². The summed E-state index contributed by atoms with van der Waals surface area (Å²) in [6, 6.07) is 0. The lowest BCUT2D eigenvalue weighted by atomic mass is 10.0. The fourth-order valence-electron chi connectivity index (χ4n) is 0.756. The van der Waals surface area contributed by atoms with Crippen LogP contribution >= 0.6 is 0 Å². The Balaban J connectivity index is 3.79. The number of carbonyl (C=O) groups excluding carboxylic acids is 2. The van der Waals surface area contributed by atoms with E-state index in [0.29, 0.717) is 6.42 Å². The largest absolute Gasteiger partial charge is 0.460 e. The molecule has 1 atom stereocenters. The molecule has 3 nitrogen and oxygen atoms in total. The molecule has 12 heavy (non-hydrogen) atoms. The number of rotatable bonds is 5. The molecule has 0 spiro atoms. The number of ketones is 1. The van der Waals surface area contributed by atoms with E-state index in [9.17, 15) is 9.59 Å². The van der Waals surface area contributed by atoms with Crippen molar-refractivity contribution in [3.63, 3.8) is 0 Å². The van der Waals surface area contributed by atoms with Crippen LogP contribution < -0.4 is 0 Å². The lowest BCUT2D eigenvalue weighted by molar-refractivity contribution is -0.153. The van der Waals surface area contributed by atoms with Gasteiger partial charge in [0.25, 0.3) is 0 Å². The summed E-state index contributed by atoms with van der Waals surface area (Å²) in [4.78, 5) is 21.9. The van der Waals surface area contributed by atoms with Crippen molar-refractivity contribution in [2.45, 2.75) is 33.6 Å². The SMILES string of the molecule is CCOC(=O)C(=O)CC(C)CC. The molecule has 0 amide bonds. The maximum Gasteiger partial charge on any atom is 0.374 e. The van der Waals surface area contributed by atoms with E-state index in [2.05, 4.69) is 4.74 Å². The molecule has 0 saturated carbocycles. The molecular formula is C9H16O3. The Morgan fingerprint density at radius 2 is 1.92 bits per heavy atom. The Labute approximate surface area is 73.1 Å². The molecule has 0 aliphatic rings. The van der Waals surface area contributed by atoms with Gasteiger partial charge in [-0.05, 0) is 12.8 Å². The van der Waals surface area contributed by atoms with E-state index in [4.69, 9.17) is 0 Å². The smallest absolute Gasteiger partial charge is 0.374 e. The molecular weight excluding hydrogens is 156 g/mol. The van der Waals surface area contributed by atoms with Crippen molar-refractivity contribution in [3.8, 4) is 0 Å². The summed E-state index contributed by atoms with van der Waals surface area (Å²) >= 11 is 0. The average Bonchev–Trinajstić information content (AvgIpc) is 2.04. The highest BCUT2D eigenvalue weighted by molar-refractivity contribution is 6.33. The van der Waals surface area contributed by atoms with Gasteiger partial charge in [-0.15, -0.1) is 0 Å². The van der Waals surface area contributed by atoms with Gasteiger partial charge in [0.1, 0.15) is 0 Å². The average molecular weight is 172 g/mol. The first-order valence-electron chi connectivity index (χ1n) is 4.31. The number of ether oxygens (including phenoxy) is 1. The van der Waals surface area contributed by atoms with Gasteiger partial charge in [-0.2, -0.15) is 0 Å². The van der Waals surface area contributed by atoms with Gasteiger partial charge in [0.05, 0.1) is 6.61 Å². The van der Waals surface area contributed by atoms with Gasteiger partial charge in [0.15, 0.2) is 0 Å². The number of hydrogen-bond donors (Lipinski definition) is 0. The zero-order valence-electron chi connectivity index (χ0n) is 7.92. The molecule has 0 fully saturated rings. The summed E-state index contributed by atoms with van der Waals surface area (Å²) in [7, 11) is 0. The molecule has 1 unspecified atom stereocenters. The molecule has 0 aromatic heterocycles. The molecule has 0 saturated heterocycles. The molecule has 0 bridgehead atoms. The first kappa shape index (κ1) is 11.1. The summed E-state index contributed by atoms with van der Waals surface area (Å²) < 4.78 is 4.56. The number of Topliss-reactive ketones (excluding diaryl/α,β-unsaturated/α-hetero) is 1. The molecule has 0 heterocycles. The van der Waals surface area contributed by atoms with Crippen LogP contribution in [-0.2, 0) is 14.3 Å². The Morgan fingerprint density at radius 1 is 1.33 bits per heavy atom. The summed E-state index contributed by atoms with van der Waals surface area (Å²) in [6.45, 7) is 5.89. The molecule has 3 heteroatoms. The highest BCUT2D eigenvalue weighted by Gasteiger charge is 2.16. The highest BCUT2D eigenvalue weighted by atomic mass is 16.5. The van der Waals surface area contributed by atoms with E-state index >= 15 is 0 Å². The molecule has 0 rings (SSSR count). The minimum Gasteiger partial charge on any atom is -0.460 e. The molecule has 0 aromatic carbocycles. The summed E-state index contributed by atoms with van der Waals surface area (Å²) in [5.74, 6) is -0.842. The molecule has 70 valence electrons. The van der Waals surface area contributed by atoms with Gasteiger partial charge in [0.2, 0.25) is 5.78 Å². The van der Waals surface area contributed by atoms with Gasteiger partial charge in [-0.3, -0.25) is 4.79 Å². The van der Waals surface area contributed by atoms with Crippen LogP contribution in [0.3, 0.4) is 0 Å². The first-order valence-corrected chi connectivity index (χ1v) is 4.31. The van der Waals surface area contributed by atoms with Crippen LogP contribution in [0.2, 0.25) is 0 Å². The van der Waals surface area contributed by atoms with Crippen molar-refractivity contribution in [1.29, 1.82) is 0 Å². The summed E-state index contributed by atoms with van der Waals surface area (Å²) in [5, 5.41) is 0. The zero-order valence-corrected chi connectivity index (χ0v) is 7.92. The summed E-state index contributed by atoms with van der Waals surface area (Å²) in [6.07, 6.45) is 1.21. The Morgan fingerprint density at radius 3 is 2.33 bits per heavy atom. The van der Waals surface area contributed by atoms with Crippen LogP contribution in [0.1, 0.15) is 33.6 Å². The van der Waals surface area contributed by atoms with E-state index in [1.807, 2.05) is 13.8 Å². The van der Waals surface area contributed by atoms with Crippen molar-refractivity contribution in [3.05, 3.63) is 0 Å². The zero-order chi connectivity index (χ0) is 9.56. The minimum absolute atomic E-state index is 0.266. The third-order valence-corrected chi connectivity index (χ3v) is 1.73. The normalized spacial score (nSPS) is 12.2. The van der Waals surface area contributed by atoms with Crippen LogP contribution in [0.25, 0.3) is 0 Å². The van der Waals surface area contributed by atoms with Crippen LogP contribution in [0.15, 0.2) is 0 Å². The molecule has 0 N–H and O–H groups in total. The van der Waals surface area contributed by atoms with Gasteiger partial charge in [-0.1, -0.05) is 20.3 Å². The fourth-order valence-corrected chi connectivity index (χ4v) is 0.756. The number of carbonyl (C=O) groups is 2. The highest BCUT2D eigenvalue weighted by Crippen LogP contribution is 2.07. The van der Waals surface area contributed by atoms with Gasteiger partial charge < -0.3 is 4.74 Å². The molecule has 0 aliphatic carbocycles. The Kier molecular flexibility index (Phi) is 5.34. The fraction of sp³-hybridized carbons (Fsp3) is 0.778. The third kappa shape index (κ3) is 4.11. The monoisotopic (exact) mass is 172 g/mol. The van der Waals surface area contributed by atoms with Crippen LogP contribution in [-0.4, -0.2) is 18.4 Å². The standard InChI is InChI=1S/C9H16O3/c1-4-7(3)6-8(10)9(11)12-5-2/h7H,4-6H2,1-3H3. The maximum absolute atomic E-state index is 11.0.